The third-order valence-corrected chi connectivity index (χ3v) is 12.3. The Morgan fingerprint density at radius 2 is 1.13 bits per heavy atom. The smallest absolute Gasteiger partial charge is 0.328 e. The Kier molecular flexibility index (Phi) is 23.9. The van der Waals surface area contributed by atoms with Crippen molar-refractivity contribution in [2.75, 3.05) is 26.4 Å². The molecule has 26 heteroatoms. The summed E-state index contributed by atoms with van der Waals surface area (Å²) in [7, 11) is 0. The molecule has 4 amide bonds. The van der Waals surface area contributed by atoms with Crippen molar-refractivity contribution in [3.05, 3.63) is 35.9 Å². The number of nitrogens with zero attached hydrogens (tertiary/aromatic N) is 2. The zero-order valence-electron chi connectivity index (χ0n) is 46.0. The van der Waals surface area contributed by atoms with Crippen molar-refractivity contribution in [1.29, 1.82) is 0 Å². The molecule has 1 aromatic carbocycles. The van der Waals surface area contributed by atoms with Gasteiger partial charge in [-0.3, -0.25) is 48.1 Å². The first kappa shape index (κ1) is 63.8. The second-order valence-electron chi connectivity index (χ2n) is 19.9. The number of imide groups is 1. The largest absolute Gasteiger partial charge is 0.463 e. The van der Waals surface area contributed by atoms with Gasteiger partial charge in [-0.05, 0) is 45.1 Å². The van der Waals surface area contributed by atoms with Gasteiger partial charge >= 0.3 is 53.8 Å². The number of rotatable bonds is 25. The van der Waals surface area contributed by atoms with Crippen LogP contribution in [0.15, 0.2) is 30.3 Å². The van der Waals surface area contributed by atoms with Gasteiger partial charge in [-0.1, -0.05) is 50.6 Å². The molecule has 0 bridgehead atoms. The molecular formula is C52H73N3O23. The van der Waals surface area contributed by atoms with Crippen LogP contribution in [0.3, 0.4) is 0 Å². The summed E-state index contributed by atoms with van der Waals surface area (Å²) in [6, 6.07) is 5.87. The highest BCUT2D eigenvalue weighted by atomic mass is 16.8. The maximum absolute atomic E-state index is 14.1. The molecule has 2 unspecified atom stereocenters. The first-order chi connectivity index (χ1) is 36.6. The quantitative estimate of drug-likeness (QED) is 0.0636. The zero-order valence-corrected chi connectivity index (χ0v) is 46.0. The van der Waals surface area contributed by atoms with Crippen LogP contribution in [0.5, 0.6) is 0 Å². The maximum atomic E-state index is 14.1. The molecule has 26 nitrogen and oxygen atoms in total. The van der Waals surface area contributed by atoms with Gasteiger partial charge in [0.25, 0.3) is 5.91 Å². The Bertz CT molecular complexity index is 2310. The highest BCUT2D eigenvalue weighted by Crippen LogP contribution is 2.36. The minimum absolute atomic E-state index is 0.00173. The first-order valence-corrected chi connectivity index (χ1v) is 25.5. The van der Waals surface area contributed by atoms with Crippen molar-refractivity contribution in [1.82, 2.24) is 15.1 Å². The van der Waals surface area contributed by atoms with E-state index in [0.29, 0.717) is 6.42 Å². The fraction of sp³-hybridized carbons (Fsp3) is 0.673. The number of urea groups is 1. The molecule has 0 aliphatic carbocycles. The van der Waals surface area contributed by atoms with Gasteiger partial charge in [-0.25, -0.2) is 9.59 Å². The Labute approximate surface area is 451 Å². The van der Waals surface area contributed by atoms with E-state index >= 15 is 0 Å². The second kappa shape index (κ2) is 29.3. The molecule has 0 radical (unpaired) electrons. The van der Waals surface area contributed by atoms with Crippen LogP contribution in [0.2, 0.25) is 0 Å². The third kappa shape index (κ3) is 18.7. The number of hydrogen-bond donors (Lipinski definition) is 1. The van der Waals surface area contributed by atoms with E-state index in [-0.39, 0.29) is 38.5 Å². The third-order valence-electron chi connectivity index (χ3n) is 12.3. The number of hydrogen-bond acceptors (Lipinski definition) is 23. The number of benzene rings is 1. The lowest BCUT2D eigenvalue weighted by Crippen LogP contribution is -2.67. The predicted octanol–water partition coefficient (Wildman–Crippen LogP) is 2.50. The van der Waals surface area contributed by atoms with E-state index in [1.165, 1.54) is 4.90 Å². The van der Waals surface area contributed by atoms with Crippen LogP contribution in [0.1, 0.15) is 114 Å². The van der Waals surface area contributed by atoms with Crippen molar-refractivity contribution in [2.45, 2.75) is 194 Å². The summed E-state index contributed by atoms with van der Waals surface area (Å²) >= 11 is 0. The molecule has 4 rings (SSSR count). The van der Waals surface area contributed by atoms with E-state index in [9.17, 15) is 52.7 Å². The molecule has 0 aromatic heterocycles. The van der Waals surface area contributed by atoms with Crippen LogP contribution in [-0.4, -0.2) is 181 Å². The normalized spacial score (nSPS) is 25.9. The van der Waals surface area contributed by atoms with E-state index in [1.807, 2.05) is 19.9 Å². The molecule has 3 aliphatic heterocycles. The van der Waals surface area contributed by atoms with E-state index in [0.717, 1.165) is 58.9 Å². The molecule has 3 heterocycles. The van der Waals surface area contributed by atoms with Crippen LogP contribution in [0.25, 0.3) is 0 Å². The summed E-state index contributed by atoms with van der Waals surface area (Å²) in [6.45, 7) is 14.1. The number of amides is 4. The maximum Gasteiger partial charge on any atom is 0.328 e. The number of ether oxygens (including phenoxy) is 12. The minimum atomic E-state index is -1.91. The molecule has 13 atom stereocenters. The lowest BCUT2D eigenvalue weighted by molar-refractivity contribution is -0.361. The molecule has 3 saturated heterocycles. The molecule has 78 heavy (non-hydrogen) atoms. The summed E-state index contributed by atoms with van der Waals surface area (Å²) < 4.78 is 68.9. The summed E-state index contributed by atoms with van der Waals surface area (Å²) in [5.74, 6) is -8.40. The van der Waals surface area contributed by atoms with Gasteiger partial charge in [0.15, 0.2) is 43.1 Å². The van der Waals surface area contributed by atoms with Gasteiger partial charge < -0.3 is 67.1 Å². The molecule has 3 aliphatic rings. The summed E-state index contributed by atoms with van der Waals surface area (Å²) in [6.07, 6.45) is -16.6. The molecule has 3 fully saturated rings. The van der Waals surface area contributed by atoms with Crippen LogP contribution in [0.4, 0.5) is 4.79 Å². The summed E-state index contributed by atoms with van der Waals surface area (Å²) in [5.41, 5.74) is -0.292. The topological polar surface area (TPSA) is 317 Å². The number of carbonyl (C=O) groups is 11. The molecule has 0 spiro atoms. The van der Waals surface area contributed by atoms with Crippen molar-refractivity contribution in [2.24, 2.45) is 5.92 Å². The fourth-order valence-corrected chi connectivity index (χ4v) is 8.79. The first-order valence-electron chi connectivity index (χ1n) is 25.5. The zero-order chi connectivity index (χ0) is 58.2. The monoisotopic (exact) mass is 1110 g/mol. The molecular weight excluding hydrogens is 1030 g/mol. The lowest BCUT2D eigenvalue weighted by atomic mass is 9.96. The van der Waals surface area contributed by atoms with E-state index in [2.05, 4.69) is 5.32 Å². The van der Waals surface area contributed by atoms with Gasteiger partial charge in [0.05, 0.1) is 13.0 Å². The molecule has 1 aromatic rings. The Morgan fingerprint density at radius 3 is 1.64 bits per heavy atom. The van der Waals surface area contributed by atoms with Gasteiger partial charge in [-0.2, -0.15) is 0 Å². The van der Waals surface area contributed by atoms with E-state index < -0.39 is 164 Å². The molecule has 0 saturated carbocycles. The Balaban J connectivity index is 1.65. The van der Waals surface area contributed by atoms with Crippen molar-refractivity contribution >= 4 is 65.6 Å². The van der Waals surface area contributed by atoms with Gasteiger partial charge in [0, 0.05) is 60.5 Å². The van der Waals surface area contributed by atoms with Crippen molar-refractivity contribution in [3.63, 3.8) is 0 Å². The van der Waals surface area contributed by atoms with E-state index in [4.69, 9.17) is 56.8 Å². The SMILES string of the molecule is CCC(C)C[C@H](NC(=O)CC1C(=O)N(C(C)(C)C)C(=O)N1CCCO[C@@H]1O[C@H](COC(C)=O)[C@@H](O[C@@H]2O[C@H](COC(C)=O)[C@H](OC(C)=O)[C@H](OC(C)=O)[C@H]2OC(C)=O)[C@H](OC(C)=O)[C@H]1OC(C)=O)C(=O)OCc1ccccc1. The highest BCUT2D eigenvalue weighted by molar-refractivity contribution is 6.06. The summed E-state index contributed by atoms with van der Waals surface area (Å²) in [4.78, 5) is 145. The predicted molar refractivity (Wildman–Crippen MR) is 263 cm³/mol. The highest BCUT2D eigenvalue weighted by Gasteiger charge is 2.58. The second-order valence-corrected chi connectivity index (χ2v) is 19.9. The standard InChI is InChI=1S/C52H73N3O23/c1-13-27(2)22-36(48(65)70-24-35-18-15-14-16-19-35)53-40(63)23-37-47(64)55(52(10,11)12)51(66)54(37)20-17-21-67-49-45(74-33(8)61)44(73-32(7)60)42(39(76-49)26-69-29(4)57)78-50-46(75-34(9)62)43(72-31(6)59)41(71-30(5)58)38(77-50)25-68-28(3)56/h14-16,18-19,27,36-39,41-46,49-50H,13,17,20-26H2,1-12H3,(H,53,63)/t27?,36-,37?,38+,39+,41-,42+,43-,44-,45+,46+,49+,50-/m0/s1. The van der Waals surface area contributed by atoms with Crippen LogP contribution in [0, 0.1) is 5.92 Å². The summed E-state index contributed by atoms with van der Waals surface area (Å²) in [5, 5.41) is 2.73. The number of esters is 8. The fourth-order valence-electron chi connectivity index (χ4n) is 8.79. The van der Waals surface area contributed by atoms with Gasteiger partial charge in [0.1, 0.15) is 50.2 Å². The average molecular weight is 1110 g/mol. The Morgan fingerprint density at radius 1 is 0.641 bits per heavy atom. The van der Waals surface area contributed by atoms with E-state index in [1.54, 1.807) is 45.0 Å². The number of nitrogens with one attached hydrogen (secondary N) is 1. The van der Waals surface area contributed by atoms with Gasteiger partial charge in [0.2, 0.25) is 5.91 Å². The molecule has 434 valence electrons. The van der Waals surface area contributed by atoms with Crippen molar-refractivity contribution < 1.29 is 110 Å². The van der Waals surface area contributed by atoms with Crippen LogP contribution < -0.4 is 5.32 Å². The average Bonchev–Trinajstić information content (AvgIpc) is 3.61. The van der Waals surface area contributed by atoms with Crippen LogP contribution in [-0.2, 0) is 111 Å². The van der Waals surface area contributed by atoms with Crippen molar-refractivity contribution in [3.8, 4) is 0 Å². The molecule has 1 N–H and O–H groups in total. The number of carbonyl (C=O) groups excluding carboxylic acids is 11. The van der Waals surface area contributed by atoms with Crippen LogP contribution >= 0.6 is 0 Å². The minimum Gasteiger partial charge on any atom is -0.463 e. The lowest BCUT2D eigenvalue weighted by Gasteiger charge is -2.48. The Hall–Kier alpha value is -6.77. The van der Waals surface area contributed by atoms with Gasteiger partial charge in [-0.15, -0.1) is 0 Å².